The van der Waals surface area contributed by atoms with Gasteiger partial charge in [0, 0.05) is 35.8 Å². The summed E-state index contributed by atoms with van der Waals surface area (Å²) in [6.07, 6.45) is 1.53. The van der Waals surface area contributed by atoms with Crippen LogP contribution in [0.15, 0.2) is 52.8 Å². The number of halogens is 1. The van der Waals surface area contributed by atoms with Crippen molar-refractivity contribution in [3.8, 4) is 11.3 Å². The van der Waals surface area contributed by atoms with Crippen molar-refractivity contribution in [1.29, 1.82) is 0 Å². The summed E-state index contributed by atoms with van der Waals surface area (Å²) in [6, 6.07) is 8.89. The van der Waals surface area contributed by atoms with E-state index in [1.54, 1.807) is 30.6 Å². The maximum absolute atomic E-state index is 13.2. The van der Waals surface area contributed by atoms with E-state index in [1.165, 1.54) is 40.3 Å². The quantitative estimate of drug-likeness (QED) is 0.803. The van der Waals surface area contributed by atoms with Gasteiger partial charge in [0.05, 0.1) is 5.69 Å². The minimum atomic E-state index is -0.414. The highest BCUT2D eigenvalue weighted by molar-refractivity contribution is 7.14. The van der Waals surface area contributed by atoms with Crippen molar-refractivity contribution in [3.63, 3.8) is 0 Å². The van der Waals surface area contributed by atoms with E-state index in [2.05, 4.69) is 10.3 Å². The van der Waals surface area contributed by atoms with Gasteiger partial charge < -0.3 is 4.57 Å². The number of carbonyl (C=O) groups excluding carboxylic acids is 1. The number of anilines is 1. The number of benzene rings is 1. The van der Waals surface area contributed by atoms with Gasteiger partial charge in [-0.1, -0.05) is 12.1 Å². The molecule has 0 saturated heterocycles. The van der Waals surface area contributed by atoms with Crippen LogP contribution in [0.2, 0.25) is 0 Å². The van der Waals surface area contributed by atoms with Gasteiger partial charge in [-0.15, -0.1) is 11.3 Å². The first-order valence-electron chi connectivity index (χ1n) is 6.72. The van der Waals surface area contributed by atoms with Crippen molar-refractivity contribution >= 4 is 22.4 Å². The molecule has 7 heteroatoms. The third-order valence-electron chi connectivity index (χ3n) is 3.21. The Labute approximate surface area is 135 Å². The maximum atomic E-state index is 13.2. The minimum absolute atomic E-state index is 0.260. The minimum Gasteiger partial charge on any atom is -0.319 e. The topological polar surface area (TPSA) is 64.0 Å². The zero-order chi connectivity index (χ0) is 16.4. The number of pyridine rings is 1. The van der Waals surface area contributed by atoms with Gasteiger partial charge in [-0.05, 0) is 18.2 Å². The molecule has 0 atom stereocenters. The van der Waals surface area contributed by atoms with Crippen molar-refractivity contribution in [2.45, 2.75) is 0 Å². The molecule has 0 fully saturated rings. The Morgan fingerprint density at radius 1 is 1.30 bits per heavy atom. The molecule has 0 radical (unpaired) electrons. The lowest BCUT2D eigenvalue weighted by Crippen LogP contribution is -2.19. The molecule has 0 spiro atoms. The van der Waals surface area contributed by atoms with Crippen molar-refractivity contribution < 1.29 is 9.18 Å². The second kappa shape index (κ2) is 6.13. The number of amides is 1. The van der Waals surface area contributed by atoms with Crippen LogP contribution in [-0.4, -0.2) is 15.5 Å². The molecule has 0 bridgehead atoms. The molecule has 2 heterocycles. The molecule has 5 nitrogen and oxygen atoms in total. The molecule has 0 aliphatic heterocycles. The predicted octanol–water partition coefficient (Wildman–Crippen LogP) is 2.90. The summed E-state index contributed by atoms with van der Waals surface area (Å²) < 4.78 is 14.6. The first kappa shape index (κ1) is 15.1. The van der Waals surface area contributed by atoms with Crippen LogP contribution < -0.4 is 10.9 Å². The molecule has 23 heavy (non-hydrogen) atoms. The molecule has 0 aliphatic rings. The summed E-state index contributed by atoms with van der Waals surface area (Å²) in [5.74, 6) is -0.760. The monoisotopic (exact) mass is 329 g/mol. The van der Waals surface area contributed by atoms with E-state index in [1.807, 2.05) is 0 Å². The van der Waals surface area contributed by atoms with Crippen LogP contribution in [0.1, 0.15) is 10.4 Å². The number of rotatable bonds is 3. The molecule has 0 unspecified atom stereocenters. The van der Waals surface area contributed by atoms with Gasteiger partial charge in [0.2, 0.25) is 0 Å². The first-order valence-corrected chi connectivity index (χ1v) is 7.60. The van der Waals surface area contributed by atoms with E-state index in [0.717, 1.165) is 0 Å². The fraction of sp³-hybridized carbons (Fsp3) is 0.0625. The van der Waals surface area contributed by atoms with Crippen LogP contribution in [0.4, 0.5) is 9.52 Å². The van der Waals surface area contributed by atoms with Crippen molar-refractivity contribution in [3.05, 3.63) is 69.7 Å². The summed E-state index contributed by atoms with van der Waals surface area (Å²) in [7, 11) is 1.61. The summed E-state index contributed by atoms with van der Waals surface area (Å²) in [4.78, 5) is 27.9. The zero-order valence-electron chi connectivity index (χ0n) is 12.1. The average molecular weight is 329 g/mol. The van der Waals surface area contributed by atoms with Crippen molar-refractivity contribution in [1.82, 2.24) is 9.55 Å². The standard InChI is InChI=1S/C16H12FN3O2S/c1-20-6-5-11(8-14(20)21)15(22)19-16-18-13(9-23-16)10-3-2-4-12(17)7-10/h2-9H,1H3,(H,18,19,22). The molecule has 116 valence electrons. The third-order valence-corrected chi connectivity index (χ3v) is 3.97. The molecular weight excluding hydrogens is 317 g/mol. The Hall–Kier alpha value is -2.80. The Morgan fingerprint density at radius 3 is 2.87 bits per heavy atom. The van der Waals surface area contributed by atoms with Crippen LogP contribution in [-0.2, 0) is 7.05 Å². The van der Waals surface area contributed by atoms with Gasteiger partial charge in [-0.2, -0.15) is 0 Å². The first-order chi connectivity index (χ1) is 11.0. The lowest BCUT2D eigenvalue weighted by atomic mass is 10.2. The number of hydrogen-bond donors (Lipinski definition) is 1. The van der Waals surface area contributed by atoms with Crippen LogP contribution in [0.3, 0.4) is 0 Å². The van der Waals surface area contributed by atoms with E-state index in [9.17, 15) is 14.0 Å². The summed E-state index contributed by atoms with van der Waals surface area (Å²) in [6.45, 7) is 0. The van der Waals surface area contributed by atoms with E-state index in [4.69, 9.17) is 0 Å². The van der Waals surface area contributed by atoms with Crippen LogP contribution in [0.25, 0.3) is 11.3 Å². The Bertz CT molecular complexity index is 933. The van der Waals surface area contributed by atoms with Gasteiger partial charge >= 0.3 is 0 Å². The van der Waals surface area contributed by atoms with Crippen LogP contribution >= 0.6 is 11.3 Å². The van der Waals surface area contributed by atoms with Crippen LogP contribution in [0.5, 0.6) is 0 Å². The van der Waals surface area contributed by atoms with Crippen LogP contribution in [0, 0.1) is 5.82 Å². The number of aryl methyl sites for hydroxylation is 1. The highest BCUT2D eigenvalue weighted by Crippen LogP contribution is 2.25. The van der Waals surface area contributed by atoms with E-state index >= 15 is 0 Å². The summed E-state index contributed by atoms with van der Waals surface area (Å²) in [5.41, 5.74) is 1.21. The number of aromatic nitrogens is 2. The van der Waals surface area contributed by atoms with Gasteiger partial charge in [-0.3, -0.25) is 14.9 Å². The second-order valence-corrected chi connectivity index (χ2v) is 5.73. The molecule has 1 amide bonds. The lowest BCUT2D eigenvalue weighted by Gasteiger charge is -2.02. The zero-order valence-corrected chi connectivity index (χ0v) is 12.9. The fourth-order valence-electron chi connectivity index (χ4n) is 1.97. The van der Waals surface area contributed by atoms with Gasteiger partial charge in [0.15, 0.2) is 5.13 Å². The summed E-state index contributed by atoms with van der Waals surface area (Å²) >= 11 is 1.23. The Balaban J connectivity index is 1.80. The molecule has 2 aromatic heterocycles. The third kappa shape index (κ3) is 3.35. The Morgan fingerprint density at radius 2 is 2.13 bits per heavy atom. The largest absolute Gasteiger partial charge is 0.319 e. The fourth-order valence-corrected chi connectivity index (χ4v) is 2.69. The second-order valence-electron chi connectivity index (χ2n) is 4.87. The van der Waals surface area contributed by atoms with E-state index < -0.39 is 5.91 Å². The lowest BCUT2D eigenvalue weighted by molar-refractivity contribution is 0.102. The number of hydrogen-bond acceptors (Lipinski definition) is 4. The van der Waals surface area contributed by atoms with Gasteiger partial charge in [0.25, 0.3) is 11.5 Å². The number of thiazole rings is 1. The van der Waals surface area contributed by atoms with E-state index in [0.29, 0.717) is 16.4 Å². The highest BCUT2D eigenvalue weighted by Gasteiger charge is 2.11. The maximum Gasteiger partial charge on any atom is 0.257 e. The molecule has 3 aromatic rings. The smallest absolute Gasteiger partial charge is 0.257 e. The van der Waals surface area contributed by atoms with E-state index in [-0.39, 0.29) is 16.9 Å². The average Bonchev–Trinajstić information content (AvgIpc) is 2.98. The number of nitrogens with zero attached hydrogens (tertiary/aromatic N) is 2. The number of carbonyl (C=O) groups is 1. The molecule has 1 N–H and O–H groups in total. The highest BCUT2D eigenvalue weighted by atomic mass is 32.1. The molecule has 0 saturated carbocycles. The van der Waals surface area contributed by atoms with Gasteiger partial charge in [-0.25, -0.2) is 9.37 Å². The van der Waals surface area contributed by atoms with Gasteiger partial charge in [0.1, 0.15) is 5.82 Å². The molecule has 1 aromatic carbocycles. The molecule has 0 aliphatic carbocycles. The number of nitrogens with one attached hydrogen (secondary N) is 1. The summed E-state index contributed by atoms with van der Waals surface area (Å²) in [5, 5.41) is 4.75. The molecular formula is C16H12FN3O2S. The SMILES string of the molecule is Cn1ccc(C(=O)Nc2nc(-c3cccc(F)c3)cs2)cc1=O. The molecule has 3 rings (SSSR count). The van der Waals surface area contributed by atoms with Crippen molar-refractivity contribution in [2.24, 2.45) is 7.05 Å². The Kier molecular flexibility index (Phi) is 4.03. The normalized spacial score (nSPS) is 10.5. The van der Waals surface area contributed by atoms with Crippen molar-refractivity contribution in [2.75, 3.05) is 5.32 Å². The predicted molar refractivity (Wildman–Crippen MR) is 87.1 cm³/mol.